The zero-order valence-corrected chi connectivity index (χ0v) is 13.0. The van der Waals surface area contributed by atoms with Crippen LogP contribution in [-0.2, 0) is 11.2 Å². The maximum atomic E-state index is 12.0. The van der Waals surface area contributed by atoms with Gasteiger partial charge in [-0.2, -0.15) is 0 Å². The number of aromatic nitrogens is 1. The maximum absolute atomic E-state index is 12.0. The predicted molar refractivity (Wildman–Crippen MR) is 81.9 cm³/mol. The number of rotatable bonds is 3. The average Bonchev–Trinajstić information content (AvgIpc) is 2.46. The van der Waals surface area contributed by atoms with Crippen molar-refractivity contribution in [2.45, 2.75) is 52.6 Å². The zero-order chi connectivity index (χ0) is 14.7. The first-order valence-corrected chi connectivity index (χ1v) is 7.57. The van der Waals surface area contributed by atoms with Gasteiger partial charge in [0.05, 0.1) is 0 Å². The van der Waals surface area contributed by atoms with Gasteiger partial charge in [0.1, 0.15) is 5.82 Å². The Hall–Kier alpha value is -1.58. The number of nitrogens with zero attached hydrogens (tertiary/aromatic N) is 3. The number of carbonyl (C=O) groups is 1. The quantitative estimate of drug-likeness (QED) is 0.850. The summed E-state index contributed by atoms with van der Waals surface area (Å²) in [6.45, 7) is 10.0. The highest BCUT2D eigenvalue weighted by molar-refractivity contribution is 5.77. The third kappa shape index (κ3) is 2.94. The van der Waals surface area contributed by atoms with Gasteiger partial charge >= 0.3 is 0 Å². The fraction of sp³-hybridized carbons (Fsp3) is 0.625. The second-order valence-corrected chi connectivity index (χ2v) is 5.64. The Balaban J connectivity index is 2.11. The lowest BCUT2D eigenvalue weighted by molar-refractivity contribution is -0.135. The number of aryl methyl sites for hydroxylation is 1. The van der Waals surface area contributed by atoms with E-state index in [9.17, 15) is 4.79 Å². The van der Waals surface area contributed by atoms with E-state index in [1.807, 2.05) is 18.0 Å². The SMILES string of the molecule is CCC(=O)N1[C@H](C)CN(c2ccc(CC)cn2)C[C@@H]1C. The van der Waals surface area contributed by atoms with Gasteiger partial charge in [-0.15, -0.1) is 0 Å². The normalized spacial score (nSPS) is 23.0. The first-order valence-electron chi connectivity index (χ1n) is 7.57. The number of carbonyl (C=O) groups excluding carboxylic acids is 1. The van der Waals surface area contributed by atoms with Crippen molar-refractivity contribution >= 4 is 11.7 Å². The van der Waals surface area contributed by atoms with Crippen LogP contribution in [0.1, 0.15) is 39.7 Å². The molecule has 2 heterocycles. The topological polar surface area (TPSA) is 36.4 Å². The van der Waals surface area contributed by atoms with Crippen molar-refractivity contribution in [3.8, 4) is 0 Å². The minimum atomic E-state index is 0.235. The van der Waals surface area contributed by atoms with E-state index in [1.165, 1.54) is 5.56 Å². The van der Waals surface area contributed by atoms with Gasteiger partial charge in [0.2, 0.25) is 5.91 Å². The van der Waals surface area contributed by atoms with Gasteiger partial charge in [0.15, 0.2) is 0 Å². The number of hydrogen-bond acceptors (Lipinski definition) is 3. The van der Waals surface area contributed by atoms with Gasteiger partial charge in [-0.05, 0) is 31.9 Å². The average molecular weight is 275 g/mol. The van der Waals surface area contributed by atoms with Crippen LogP contribution >= 0.6 is 0 Å². The smallest absolute Gasteiger partial charge is 0.222 e. The van der Waals surface area contributed by atoms with Gasteiger partial charge in [-0.1, -0.05) is 19.9 Å². The molecule has 1 aliphatic heterocycles. The molecular formula is C16H25N3O. The molecule has 2 atom stereocenters. The number of piperazine rings is 1. The molecule has 1 aromatic heterocycles. The van der Waals surface area contributed by atoms with Crippen LogP contribution < -0.4 is 4.90 Å². The third-order valence-corrected chi connectivity index (χ3v) is 4.05. The lowest BCUT2D eigenvalue weighted by Crippen LogP contribution is -2.58. The van der Waals surface area contributed by atoms with Crippen molar-refractivity contribution in [3.63, 3.8) is 0 Å². The summed E-state index contributed by atoms with van der Waals surface area (Å²) in [5.41, 5.74) is 1.26. The number of hydrogen-bond donors (Lipinski definition) is 0. The Morgan fingerprint density at radius 2 is 1.90 bits per heavy atom. The van der Waals surface area contributed by atoms with E-state index in [0.29, 0.717) is 6.42 Å². The molecule has 1 fully saturated rings. The highest BCUT2D eigenvalue weighted by Crippen LogP contribution is 2.21. The molecule has 0 aromatic carbocycles. The van der Waals surface area contributed by atoms with Crippen LogP contribution in [0.5, 0.6) is 0 Å². The van der Waals surface area contributed by atoms with Crippen LogP contribution in [0.25, 0.3) is 0 Å². The number of pyridine rings is 1. The second kappa shape index (κ2) is 6.25. The van der Waals surface area contributed by atoms with E-state index in [1.54, 1.807) is 0 Å². The highest BCUT2D eigenvalue weighted by atomic mass is 16.2. The maximum Gasteiger partial charge on any atom is 0.222 e. The molecular weight excluding hydrogens is 250 g/mol. The Bertz CT molecular complexity index is 445. The molecule has 1 aromatic rings. The van der Waals surface area contributed by atoms with E-state index >= 15 is 0 Å². The van der Waals surface area contributed by atoms with Gasteiger partial charge < -0.3 is 9.80 Å². The van der Waals surface area contributed by atoms with Crippen molar-refractivity contribution in [2.24, 2.45) is 0 Å². The molecule has 1 aliphatic rings. The van der Waals surface area contributed by atoms with Crippen LogP contribution in [-0.4, -0.2) is 41.0 Å². The van der Waals surface area contributed by atoms with Gasteiger partial charge in [-0.3, -0.25) is 4.79 Å². The lowest BCUT2D eigenvalue weighted by atomic mass is 10.1. The van der Waals surface area contributed by atoms with E-state index in [4.69, 9.17) is 0 Å². The van der Waals surface area contributed by atoms with Crippen molar-refractivity contribution in [1.82, 2.24) is 9.88 Å². The van der Waals surface area contributed by atoms with Gasteiger partial charge in [0, 0.05) is 37.8 Å². The monoisotopic (exact) mass is 275 g/mol. The predicted octanol–water partition coefficient (Wildman–Crippen LogP) is 2.48. The van der Waals surface area contributed by atoms with Crippen molar-refractivity contribution < 1.29 is 4.79 Å². The van der Waals surface area contributed by atoms with E-state index < -0.39 is 0 Å². The molecule has 0 N–H and O–H groups in total. The van der Waals surface area contributed by atoms with Crippen molar-refractivity contribution in [3.05, 3.63) is 23.9 Å². The molecule has 4 heteroatoms. The highest BCUT2D eigenvalue weighted by Gasteiger charge is 2.32. The molecule has 0 unspecified atom stereocenters. The first-order chi connectivity index (χ1) is 9.56. The molecule has 0 spiro atoms. The first kappa shape index (κ1) is 14.8. The summed E-state index contributed by atoms with van der Waals surface area (Å²) in [6, 6.07) is 4.70. The zero-order valence-electron chi connectivity index (χ0n) is 13.0. The van der Waals surface area contributed by atoms with Crippen LogP contribution in [0, 0.1) is 0 Å². The minimum Gasteiger partial charge on any atom is -0.353 e. The molecule has 2 rings (SSSR count). The summed E-state index contributed by atoms with van der Waals surface area (Å²) in [5, 5.41) is 0. The molecule has 110 valence electrons. The summed E-state index contributed by atoms with van der Waals surface area (Å²) >= 11 is 0. The van der Waals surface area contributed by atoms with Gasteiger partial charge in [0.25, 0.3) is 0 Å². The number of anilines is 1. The van der Waals surface area contributed by atoms with Crippen LogP contribution in [0.2, 0.25) is 0 Å². The molecule has 20 heavy (non-hydrogen) atoms. The second-order valence-electron chi connectivity index (χ2n) is 5.64. The summed E-state index contributed by atoms with van der Waals surface area (Å²) in [6.07, 6.45) is 3.55. The summed E-state index contributed by atoms with van der Waals surface area (Å²) in [7, 11) is 0. The molecule has 0 saturated carbocycles. The largest absolute Gasteiger partial charge is 0.353 e. The molecule has 0 radical (unpaired) electrons. The summed E-state index contributed by atoms with van der Waals surface area (Å²) in [4.78, 5) is 20.9. The number of amides is 1. The van der Waals surface area contributed by atoms with E-state index in [-0.39, 0.29) is 18.0 Å². The molecule has 4 nitrogen and oxygen atoms in total. The van der Waals surface area contributed by atoms with Crippen LogP contribution in [0.3, 0.4) is 0 Å². The minimum absolute atomic E-state index is 0.235. The Morgan fingerprint density at radius 1 is 1.25 bits per heavy atom. The molecule has 1 amide bonds. The fourth-order valence-corrected chi connectivity index (χ4v) is 3.00. The standard InChI is InChI=1S/C16H25N3O/c1-5-14-7-8-15(17-9-14)18-10-12(3)19(13(4)11-18)16(20)6-2/h7-9,12-13H,5-6,10-11H2,1-4H3/t12-,13+. The summed E-state index contributed by atoms with van der Waals surface area (Å²) in [5.74, 6) is 1.27. The van der Waals surface area contributed by atoms with Crippen molar-refractivity contribution in [1.29, 1.82) is 0 Å². The van der Waals surface area contributed by atoms with E-state index in [0.717, 1.165) is 25.3 Å². The third-order valence-electron chi connectivity index (χ3n) is 4.05. The molecule has 1 saturated heterocycles. The van der Waals surface area contributed by atoms with E-state index in [2.05, 4.69) is 42.8 Å². The van der Waals surface area contributed by atoms with Crippen LogP contribution in [0.4, 0.5) is 5.82 Å². The lowest BCUT2D eigenvalue weighted by Gasteiger charge is -2.45. The van der Waals surface area contributed by atoms with Gasteiger partial charge in [-0.25, -0.2) is 4.98 Å². The van der Waals surface area contributed by atoms with Crippen molar-refractivity contribution in [2.75, 3.05) is 18.0 Å². The Labute approximate surface area is 121 Å². The fourth-order valence-electron chi connectivity index (χ4n) is 3.00. The molecule has 0 aliphatic carbocycles. The summed E-state index contributed by atoms with van der Waals surface area (Å²) < 4.78 is 0. The van der Waals surface area contributed by atoms with Crippen LogP contribution in [0.15, 0.2) is 18.3 Å². The molecule has 0 bridgehead atoms. The Morgan fingerprint density at radius 3 is 2.35 bits per heavy atom. The Kier molecular flexibility index (Phi) is 4.63.